The lowest BCUT2D eigenvalue weighted by Gasteiger charge is -2.27. The number of sulfonamides is 1. The zero-order valence-electron chi connectivity index (χ0n) is 12.3. The number of ketones is 1. The van der Waals surface area contributed by atoms with E-state index >= 15 is 0 Å². The molecule has 2 aromatic rings. The van der Waals surface area contributed by atoms with Crippen molar-refractivity contribution >= 4 is 49.5 Å². The van der Waals surface area contributed by atoms with Crippen molar-refractivity contribution in [3.05, 3.63) is 28.9 Å². The molecular weight excluding hydrogens is 360 g/mol. The molecule has 2 heterocycles. The van der Waals surface area contributed by atoms with E-state index in [2.05, 4.69) is 4.98 Å². The molecule has 0 spiro atoms. The van der Waals surface area contributed by atoms with Crippen LogP contribution in [-0.4, -0.2) is 52.6 Å². The van der Waals surface area contributed by atoms with Crippen LogP contribution in [0.5, 0.6) is 0 Å². The molecule has 0 radical (unpaired) electrons. The normalized spacial score (nSPS) is 17.7. The second-order valence-electron chi connectivity index (χ2n) is 5.33. The molecule has 1 aliphatic rings. The van der Waals surface area contributed by atoms with Crippen LogP contribution in [0.3, 0.4) is 0 Å². The van der Waals surface area contributed by atoms with Crippen LogP contribution >= 0.6 is 11.6 Å². The standard InChI is InChI=1S/C14H15ClN2O4S2/c1-9(18)13-14(11-8-10(15)2-3-12(11)16-13)23(20,21)17-4-6-22(19)7-5-17/h2-3,8,16H,4-7H2,1H3. The van der Waals surface area contributed by atoms with Crippen LogP contribution in [-0.2, 0) is 21.2 Å². The lowest BCUT2D eigenvalue weighted by Crippen LogP contribution is -2.43. The summed E-state index contributed by atoms with van der Waals surface area (Å²) in [5.74, 6) is 0.242. The van der Waals surface area contributed by atoms with Crippen LogP contribution in [0.25, 0.3) is 10.9 Å². The topological polar surface area (TPSA) is 93.3 Å². The number of nitrogens with one attached hydrogen (secondary N) is 1. The minimum absolute atomic E-state index is 0.0461. The fourth-order valence-electron chi connectivity index (χ4n) is 2.65. The maximum atomic E-state index is 13.0. The molecule has 1 fully saturated rings. The van der Waals surface area contributed by atoms with Crippen molar-refractivity contribution in [3.8, 4) is 0 Å². The lowest BCUT2D eigenvalue weighted by molar-refractivity contribution is 0.101. The first-order chi connectivity index (χ1) is 10.8. The molecule has 23 heavy (non-hydrogen) atoms. The van der Waals surface area contributed by atoms with Gasteiger partial charge in [0, 0.05) is 22.8 Å². The van der Waals surface area contributed by atoms with Gasteiger partial charge in [0.2, 0.25) is 10.0 Å². The van der Waals surface area contributed by atoms with Crippen molar-refractivity contribution in [2.75, 3.05) is 24.6 Å². The first-order valence-corrected chi connectivity index (χ1v) is 10.3. The number of fused-ring (bicyclic) bond motifs is 1. The minimum atomic E-state index is -3.87. The van der Waals surface area contributed by atoms with Gasteiger partial charge in [0.05, 0.1) is 13.1 Å². The third-order valence-electron chi connectivity index (χ3n) is 3.80. The molecule has 9 heteroatoms. The SMILES string of the molecule is CC(=O)c1[nH]c2ccc(Cl)cc2c1S(=O)(=O)N1CC[S+]([O-])CC1. The first kappa shape index (κ1) is 16.8. The zero-order valence-corrected chi connectivity index (χ0v) is 14.7. The molecule has 1 aromatic heterocycles. The first-order valence-electron chi connectivity index (χ1n) is 6.98. The van der Waals surface area contributed by atoms with Crippen LogP contribution in [0.2, 0.25) is 5.02 Å². The summed E-state index contributed by atoms with van der Waals surface area (Å²) in [6.07, 6.45) is 0. The number of aromatic nitrogens is 1. The monoisotopic (exact) mass is 374 g/mol. The average molecular weight is 375 g/mol. The van der Waals surface area contributed by atoms with Crippen molar-refractivity contribution in [1.82, 2.24) is 9.29 Å². The number of carbonyl (C=O) groups is 1. The molecule has 6 nitrogen and oxygen atoms in total. The number of H-pyrrole nitrogens is 1. The van der Waals surface area contributed by atoms with E-state index in [0.717, 1.165) is 0 Å². The van der Waals surface area contributed by atoms with Crippen molar-refractivity contribution in [1.29, 1.82) is 0 Å². The lowest BCUT2D eigenvalue weighted by atomic mass is 10.2. The zero-order chi connectivity index (χ0) is 16.8. The van der Waals surface area contributed by atoms with Gasteiger partial charge >= 0.3 is 0 Å². The van der Waals surface area contributed by atoms with Crippen molar-refractivity contribution in [3.63, 3.8) is 0 Å². The molecule has 0 saturated carbocycles. The van der Waals surface area contributed by atoms with E-state index in [9.17, 15) is 17.8 Å². The van der Waals surface area contributed by atoms with E-state index in [-0.39, 0.29) is 29.5 Å². The average Bonchev–Trinajstić information content (AvgIpc) is 2.87. The van der Waals surface area contributed by atoms with Crippen LogP contribution in [0.15, 0.2) is 23.1 Å². The molecule has 0 unspecified atom stereocenters. The maximum absolute atomic E-state index is 13.0. The minimum Gasteiger partial charge on any atom is -0.616 e. The van der Waals surface area contributed by atoms with E-state index in [1.807, 2.05) is 0 Å². The van der Waals surface area contributed by atoms with E-state index in [1.54, 1.807) is 12.1 Å². The number of Topliss-reactive ketones (excluding diaryl/α,β-unsaturated/α-hetero) is 1. The smallest absolute Gasteiger partial charge is 0.246 e. The fraction of sp³-hybridized carbons (Fsp3) is 0.357. The third kappa shape index (κ3) is 3.01. The molecule has 0 amide bonds. The summed E-state index contributed by atoms with van der Waals surface area (Å²) in [6, 6.07) is 4.81. The highest BCUT2D eigenvalue weighted by molar-refractivity contribution is 7.92. The summed E-state index contributed by atoms with van der Waals surface area (Å²) in [6.45, 7) is 1.68. The summed E-state index contributed by atoms with van der Waals surface area (Å²) in [4.78, 5) is 14.7. The Hall–Kier alpha value is -1.06. The van der Waals surface area contributed by atoms with Crippen LogP contribution in [0.4, 0.5) is 0 Å². The Balaban J connectivity index is 2.19. The number of carbonyl (C=O) groups excluding carboxylic acids is 1. The molecular formula is C14H15ClN2O4S2. The predicted octanol–water partition coefficient (Wildman–Crippen LogP) is 1.78. The molecule has 1 aliphatic heterocycles. The number of aromatic amines is 1. The Kier molecular flexibility index (Phi) is 4.45. The largest absolute Gasteiger partial charge is 0.616 e. The van der Waals surface area contributed by atoms with Gasteiger partial charge < -0.3 is 9.54 Å². The number of rotatable bonds is 3. The number of halogens is 1. The molecule has 0 atom stereocenters. The highest BCUT2D eigenvalue weighted by atomic mass is 35.5. The van der Waals surface area contributed by atoms with E-state index < -0.39 is 21.2 Å². The summed E-state index contributed by atoms with van der Waals surface area (Å²) in [5.41, 5.74) is 0.590. The van der Waals surface area contributed by atoms with Gasteiger partial charge in [0.25, 0.3) is 0 Å². The number of benzene rings is 1. The molecule has 0 aliphatic carbocycles. The molecule has 0 bridgehead atoms. The second-order valence-corrected chi connectivity index (χ2v) is 9.33. The molecule has 1 saturated heterocycles. The summed E-state index contributed by atoms with van der Waals surface area (Å²) < 4.78 is 38.8. The van der Waals surface area contributed by atoms with Gasteiger partial charge in [0.1, 0.15) is 22.1 Å². The predicted molar refractivity (Wildman–Crippen MR) is 89.9 cm³/mol. The Morgan fingerprint density at radius 2 is 2.00 bits per heavy atom. The maximum Gasteiger partial charge on any atom is 0.246 e. The Bertz CT molecular complexity index is 870. The van der Waals surface area contributed by atoms with E-state index in [4.69, 9.17) is 11.6 Å². The summed E-state index contributed by atoms with van der Waals surface area (Å²) in [5, 5.41) is 0.789. The Labute approximate surface area is 142 Å². The van der Waals surface area contributed by atoms with E-state index in [0.29, 0.717) is 27.4 Å². The number of hydrogen-bond donors (Lipinski definition) is 1. The van der Waals surface area contributed by atoms with Gasteiger partial charge in [-0.2, -0.15) is 4.31 Å². The quantitative estimate of drug-likeness (QED) is 0.654. The fourth-order valence-corrected chi connectivity index (χ4v) is 5.92. The molecule has 124 valence electrons. The molecule has 1 N–H and O–H groups in total. The van der Waals surface area contributed by atoms with Crippen molar-refractivity contribution in [2.24, 2.45) is 0 Å². The van der Waals surface area contributed by atoms with E-state index in [1.165, 1.54) is 17.3 Å². The summed E-state index contributed by atoms with van der Waals surface area (Å²) >= 11 is 5.00. The van der Waals surface area contributed by atoms with Gasteiger partial charge in [-0.15, -0.1) is 0 Å². The third-order valence-corrected chi connectivity index (χ3v) is 7.30. The highest BCUT2D eigenvalue weighted by Gasteiger charge is 2.35. The van der Waals surface area contributed by atoms with Gasteiger partial charge in [-0.3, -0.25) is 4.79 Å². The van der Waals surface area contributed by atoms with Crippen LogP contribution < -0.4 is 0 Å². The Morgan fingerprint density at radius 3 is 2.61 bits per heavy atom. The van der Waals surface area contributed by atoms with Crippen molar-refractivity contribution < 1.29 is 17.8 Å². The number of nitrogens with zero attached hydrogens (tertiary/aromatic N) is 1. The van der Waals surface area contributed by atoms with Crippen molar-refractivity contribution in [2.45, 2.75) is 11.8 Å². The molecule has 1 aromatic carbocycles. The van der Waals surface area contributed by atoms with Crippen LogP contribution in [0, 0.1) is 0 Å². The summed E-state index contributed by atoms with van der Waals surface area (Å²) in [7, 11) is -3.87. The van der Waals surface area contributed by atoms with Crippen LogP contribution in [0.1, 0.15) is 17.4 Å². The Morgan fingerprint density at radius 1 is 1.35 bits per heavy atom. The number of hydrogen-bond acceptors (Lipinski definition) is 4. The highest BCUT2D eigenvalue weighted by Crippen LogP contribution is 2.32. The van der Waals surface area contributed by atoms with Gasteiger partial charge in [-0.05, 0) is 18.2 Å². The molecule has 3 rings (SSSR count). The van der Waals surface area contributed by atoms with Gasteiger partial charge in [-0.1, -0.05) is 22.8 Å². The van der Waals surface area contributed by atoms with Gasteiger partial charge in [-0.25, -0.2) is 8.42 Å². The second kappa shape index (κ2) is 6.10. The van der Waals surface area contributed by atoms with Gasteiger partial charge in [0.15, 0.2) is 5.78 Å².